The third-order valence-corrected chi connectivity index (χ3v) is 7.70. The van der Waals surface area contributed by atoms with Gasteiger partial charge in [-0.15, -0.1) is 0 Å². The van der Waals surface area contributed by atoms with Crippen molar-refractivity contribution in [3.05, 3.63) is 79.1 Å². The fraction of sp³-hybridized carbons (Fsp3) is 0.219. The number of ether oxygens (including phenoxy) is 2. The summed E-state index contributed by atoms with van der Waals surface area (Å²) in [5.41, 5.74) is 6.84. The molecule has 0 unspecified atom stereocenters. The molecule has 1 aliphatic heterocycles. The van der Waals surface area contributed by atoms with E-state index < -0.39 is 0 Å². The number of nitrogens with one attached hydrogen (secondary N) is 2. The maximum absolute atomic E-state index is 14.3. The second-order valence-corrected chi connectivity index (χ2v) is 10.4. The number of rotatable bonds is 8. The van der Waals surface area contributed by atoms with E-state index in [4.69, 9.17) is 9.47 Å². The molecule has 8 nitrogen and oxygen atoms in total. The number of aromatic nitrogens is 5. The van der Waals surface area contributed by atoms with Crippen LogP contribution in [0, 0.1) is 5.82 Å². The number of aromatic amines is 2. The number of pyridine rings is 2. The van der Waals surface area contributed by atoms with Crippen molar-refractivity contribution in [2.75, 3.05) is 33.4 Å². The fourth-order valence-electron chi connectivity index (χ4n) is 5.60. The number of hydrogen-bond acceptors (Lipinski definition) is 6. The van der Waals surface area contributed by atoms with Gasteiger partial charge in [-0.2, -0.15) is 5.10 Å². The zero-order valence-electron chi connectivity index (χ0n) is 22.7. The summed E-state index contributed by atoms with van der Waals surface area (Å²) in [4.78, 5) is 14.7. The van der Waals surface area contributed by atoms with E-state index in [1.165, 1.54) is 32.1 Å². The summed E-state index contributed by atoms with van der Waals surface area (Å²) >= 11 is 0. The molecule has 5 heterocycles. The minimum absolute atomic E-state index is 0.367. The van der Waals surface area contributed by atoms with Gasteiger partial charge in [0.25, 0.3) is 0 Å². The molecule has 0 amide bonds. The third kappa shape index (κ3) is 5.00. The van der Waals surface area contributed by atoms with Gasteiger partial charge in [0.05, 0.1) is 36.2 Å². The highest BCUT2D eigenvalue weighted by molar-refractivity contribution is 6.01. The summed E-state index contributed by atoms with van der Waals surface area (Å²) in [5.74, 6) is 0.849. The molecule has 0 bridgehead atoms. The normalized spacial score (nSPS) is 13.8. The second-order valence-electron chi connectivity index (χ2n) is 10.4. The number of halogens is 1. The Kier molecular flexibility index (Phi) is 6.56. The number of likely N-dealkylation sites (tertiary alicyclic amines) is 1. The average Bonchev–Trinajstić information content (AvgIpc) is 3.76. The molecule has 0 atom stereocenters. The summed E-state index contributed by atoms with van der Waals surface area (Å²) in [5, 5.41) is 9.67. The van der Waals surface area contributed by atoms with E-state index in [1.807, 2.05) is 24.4 Å². The molecule has 41 heavy (non-hydrogen) atoms. The molecule has 0 aliphatic carbocycles. The Morgan fingerprint density at radius 1 is 0.829 bits per heavy atom. The molecular weight excluding hydrogens is 519 g/mol. The van der Waals surface area contributed by atoms with E-state index in [9.17, 15) is 4.39 Å². The second kappa shape index (κ2) is 10.7. The smallest absolute Gasteiger partial charge is 0.138 e. The summed E-state index contributed by atoms with van der Waals surface area (Å²) in [6.45, 7) is 3.89. The van der Waals surface area contributed by atoms with Gasteiger partial charge in [0.2, 0.25) is 0 Å². The summed E-state index contributed by atoms with van der Waals surface area (Å²) in [6, 6.07) is 14.9. The van der Waals surface area contributed by atoms with Crippen LogP contribution in [0.3, 0.4) is 0 Å². The lowest BCUT2D eigenvalue weighted by Gasteiger charge is -2.15. The Labute approximate surface area is 236 Å². The lowest BCUT2D eigenvalue weighted by atomic mass is 10.0. The molecule has 4 aromatic heterocycles. The van der Waals surface area contributed by atoms with Crippen molar-refractivity contribution in [3.63, 3.8) is 0 Å². The van der Waals surface area contributed by atoms with Gasteiger partial charge in [0.15, 0.2) is 0 Å². The number of fused-ring (bicyclic) bond motifs is 2. The standard InChI is InChI=1S/C32H29FN6O2/c1-40-24-11-21(10-23(33)14-24)28-18-35-19-31-26(28)15-30(36-31)32-27-13-20(4-5-29(27)37-38-32)22-12-25(17-34-16-22)41-9-8-39-6-2-3-7-39/h4-5,10-19,36H,2-3,6-9H2,1H3,(H,37,38). The van der Waals surface area contributed by atoms with Gasteiger partial charge in [0.1, 0.15) is 29.6 Å². The number of nitrogens with zero attached hydrogens (tertiary/aromatic N) is 4. The number of benzene rings is 2. The van der Waals surface area contributed by atoms with Gasteiger partial charge in [-0.3, -0.25) is 20.0 Å². The van der Waals surface area contributed by atoms with Crippen LogP contribution >= 0.6 is 0 Å². The van der Waals surface area contributed by atoms with Gasteiger partial charge < -0.3 is 14.5 Å². The zero-order valence-corrected chi connectivity index (χ0v) is 22.7. The first-order valence-electron chi connectivity index (χ1n) is 13.8. The molecule has 9 heteroatoms. The van der Waals surface area contributed by atoms with Crippen molar-refractivity contribution in [1.29, 1.82) is 0 Å². The van der Waals surface area contributed by atoms with Crippen molar-refractivity contribution in [2.24, 2.45) is 0 Å². The first kappa shape index (κ1) is 25.2. The van der Waals surface area contributed by atoms with Crippen molar-refractivity contribution in [2.45, 2.75) is 12.8 Å². The van der Waals surface area contributed by atoms with Gasteiger partial charge in [-0.25, -0.2) is 4.39 Å². The highest BCUT2D eigenvalue weighted by Gasteiger charge is 2.16. The first-order chi connectivity index (χ1) is 20.1. The molecule has 0 radical (unpaired) electrons. The number of hydrogen-bond donors (Lipinski definition) is 2. The van der Waals surface area contributed by atoms with Crippen LogP contribution in [-0.2, 0) is 0 Å². The van der Waals surface area contributed by atoms with Crippen molar-refractivity contribution < 1.29 is 13.9 Å². The predicted molar refractivity (Wildman–Crippen MR) is 158 cm³/mol. The Balaban J connectivity index is 1.21. The Morgan fingerprint density at radius 3 is 2.56 bits per heavy atom. The van der Waals surface area contributed by atoms with E-state index in [2.05, 4.69) is 42.2 Å². The molecular formula is C32H29FN6O2. The van der Waals surface area contributed by atoms with Crippen LogP contribution in [0.25, 0.3) is 55.4 Å². The van der Waals surface area contributed by atoms with Crippen LogP contribution in [0.15, 0.2) is 73.3 Å². The van der Waals surface area contributed by atoms with Gasteiger partial charge in [0, 0.05) is 46.9 Å². The van der Waals surface area contributed by atoms with Crippen LogP contribution in [0.5, 0.6) is 11.5 Å². The minimum atomic E-state index is -0.367. The topological polar surface area (TPSA) is 92.0 Å². The molecule has 7 rings (SSSR count). The SMILES string of the molecule is COc1cc(F)cc(-c2cncc3[nH]c(-c4n[nH]c5ccc(-c6cncc(OCCN7CCCC7)c6)cc45)cc23)c1. The summed E-state index contributed by atoms with van der Waals surface area (Å²) in [7, 11) is 1.53. The molecule has 0 spiro atoms. The molecule has 6 aromatic rings. The Bertz CT molecular complexity index is 1860. The fourth-order valence-corrected chi connectivity index (χ4v) is 5.60. The maximum atomic E-state index is 14.3. The largest absolute Gasteiger partial charge is 0.497 e. The van der Waals surface area contributed by atoms with Crippen molar-refractivity contribution in [1.82, 2.24) is 30.0 Å². The molecule has 2 aromatic carbocycles. The zero-order chi connectivity index (χ0) is 27.8. The quantitative estimate of drug-likeness (QED) is 0.227. The third-order valence-electron chi connectivity index (χ3n) is 7.70. The maximum Gasteiger partial charge on any atom is 0.138 e. The average molecular weight is 549 g/mol. The lowest BCUT2D eigenvalue weighted by molar-refractivity contribution is 0.237. The summed E-state index contributed by atoms with van der Waals surface area (Å²) in [6.07, 6.45) is 9.66. The molecule has 0 saturated carbocycles. The Morgan fingerprint density at radius 2 is 1.68 bits per heavy atom. The van der Waals surface area contributed by atoms with E-state index in [1.54, 1.807) is 24.7 Å². The van der Waals surface area contributed by atoms with Crippen molar-refractivity contribution in [3.8, 4) is 45.1 Å². The van der Waals surface area contributed by atoms with Gasteiger partial charge >= 0.3 is 0 Å². The first-order valence-corrected chi connectivity index (χ1v) is 13.8. The molecule has 206 valence electrons. The van der Waals surface area contributed by atoms with Crippen LogP contribution in [0.1, 0.15) is 12.8 Å². The Hall–Kier alpha value is -4.76. The molecule has 2 N–H and O–H groups in total. The van der Waals surface area contributed by atoms with Crippen molar-refractivity contribution >= 4 is 21.8 Å². The summed E-state index contributed by atoms with van der Waals surface area (Å²) < 4.78 is 25.6. The predicted octanol–water partition coefficient (Wildman–Crippen LogP) is 6.46. The molecule has 1 aliphatic rings. The van der Waals surface area contributed by atoms with E-state index in [-0.39, 0.29) is 5.82 Å². The van der Waals surface area contributed by atoms with Gasteiger partial charge in [-0.1, -0.05) is 6.07 Å². The monoisotopic (exact) mass is 548 g/mol. The lowest BCUT2D eigenvalue weighted by Crippen LogP contribution is -2.25. The minimum Gasteiger partial charge on any atom is -0.497 e. The highest BCUT2D eigenvalue weighted by Crippen LogP contribution is 2.36. The molecule has 1 fully saturated rings. The van der Waals surface area contributed by atoms with Crippen LogP contribution in [0.4, 0.5) is 4.39 Å². The van der Waals surface area contributed by atoms with Crippen LogP contribution < -0.4 is 9.47 Å². The number of methoxy groups -OCH3 is 1. The van der Waals surface area contributed by atoms with Crippen LogP contribution in [0.2, 0.25) is 0 Å². The van der Waals surface area contributed by atoms with E-state index in [0.717, 1.165) is 75.3 Å². The number of H-pyrrole nitrogens is 2. The molecule has 1 saturated heterocycles. The van der Waals surface area contributed by atoms with E-state index >= 15 is 0 Å². The highest BCUT2D eigenvalue weighted by atomic mass is 19.1. The van der Waals surface area contributed by atoms with Crippen LogP contribution in [-0.4, -0.2) is 63.4 Å². The van der Waals surface area contributed by atoms with E-state index in [0.29, 0.717) is 17.9 Å². The van der Waals surface area contributed by atoms with Gasteiger partial charge in [-0.05, 0) is 73.5 Å².